The van der Waals surface area contributed by atoms with Crippen molar-refractivity contribution in [2.24, 2.45) is 0 Å². The monoisotopic (exact) mass is 374 g/mol. The van der Waals surface area contributed by atoms with Gasteiger partial charge in [0.1, 0.15) is 11.4 Å². The fourth-order valence-electron chi connectivity index (χ4n) is 3.08. The number of hydrogen-bond donors (Lipinski definition) is 0. The quantitative estimate of drug-likeness (QED) is 0.811. The number of hydrogen-bond acceptors (Lipinski definition) is 4. The number of rotatable bonds is 4. The Balaban J connectivity index is 2.00. The minimum absolute atomic E-state index is 0.0235. The van der Waals surface area contributed by atoms with Gasteiger partial charge in [0.25, 0.3) is 0 Å². The molecule has 2 amide bonds. The van der Waals surface area contributed by atoms with E-state index < -0.39 is 5.60 Å². The van der Waals surface area contributed by atoms with E-state index in [1.807, 2.05) is 45.9 Å². The van der Waals surface area contributed by atoms with Crippen molar-refractivity contribution in [3.8, 4) is 5.75 Å². The first-order valence-corrected chi connectivity index (χ1v) is 9.21. The van der Waals surface area contributed by atoms with E-state index in [9.17, 15) is 9.59 Å². The SMILES string of the molecule is C=Cc1ccc(CC(=O)N2CCN(C(=O)OC(C)(C)C)[C@@H](C)C2)c(OC)c1. The van der Waals surface area contributed by atoms with Crippen LogP contribution in [0.1, 0.15) is 38.8 Å². The summed E-state index contributed by atoms with van der Waals surface area (Å²) in [7, 11) is 1.60. The van der Waals surface area contributed by atoms with E-state index in [0.29, 0.717) is 25.4 Å². The number of ether oxygens (including phenoxy) is 2. The number of carbonyl (C=O) groups excluding carboxylic acids is 2. The Kier molecular flexibility index (Phi) is 6.52. The van der Waals surface area contributed by atoms with Gasteiger partial charge < -0.3 is 19.3 Å². The van der Waals surface area contributed by atoms with Gasteiger partial charge in [-0.25, -0.2) is 4.79 Å². The van der Waals surface area contributed by atoms with E-state index in [1.54, 1.807) is 23.0 Å². The van der Waals surface area contributed by atoms with Crippen LogP contribution in [0.5, 0.6) is 5.75 Å². The average Bonchev–Trinajstić information content (AvgIpc) is 2.60. The fourth-order valence-corrected chi connectivity index (χ4v) is 3.08. The predicted molar refractivity (Wildman–Crippen MR) is 106 cm³/mol. The zero-order chi connectivity index (χ0) is 20.2. The lowest BCUT2D eigenvalue weighted by atomic mass is 10.1. The zero-order valence-electron chi connectivity index (χ0n) is 16.9. The molecule has 0 bridgehead atoms. The van der Waals surface area contributed by atoms with Crippen LogP contribution in [0.4, 0.5) is 4.79 Å². The Morgan fingerprint density at radius 1 is 1.30 bits per heavy atom. The standard InChI is InChI=1S/C21H30N2O4/c1-7-16-8-9-17(18(12-16)26-6)13-19(24)22-10-11-23(15(2)14-22)20(25)27-21(3,4)5/h7-9,12,15H,1,10-11,13-14H2,2-6H3/t15-/m0/s1. The Labute approximate surface area is 161 Å². The van der Waals surface area contributed by atoms with Crippen molar-refractivity contribution in [2.45, 2.75) is 45.8 Å². The van der Waals surface area contributed by atoms with E-state index in [1.165, 1.54) is 0 Å². The number of amides is 2. The third-order valence-corrected chi connectivity index (χ3v) is 4.50. The molecule has 0 aliphatic carbocycles. The molecule has 1 atom stereocenters. The number of carbonyl (C=O) groups is 2. The van der Waals surface area contributed by atoms with Crippen LogP contribution in [0.2, 0.25) is 0 Å². The summed E-state index contributed by atoms with van der Waals surface area (Å²) >= 11 is 0. The maximum atomic E-state index is 12.8. The molecule has 0 saturated carbocycles. The molecule has 1 aromatic rings. The fraction of sp³-hybridized carbons (Fsp3) is 0.524. The highest BCUT2D eigenvalue weighted by molar-refractivity contribution is 5.80. The second-order valence-corrected chi connectivity index (χ2v) is 7.81. The zero-order valence-corrected chi connectivity index (χ0v) is 16.9. The number of nitrogens with zero attached hydrogens (tertiary/aromatic N) is 2. The van der Waals surface area contributed by atoms with Gasteiger partial charge in [-0.05, 0) is 39.3 Å². The first-order valence-electron chi connectivity index (χ1n) is 9.21. The van der Waals surface area contributed by atoms with Crippen molar-refractivity contribution in [2.75, 3.05) is 26.7 Å². The first kappa shape index (κ1) is 20.8. The van der Waals surface area contributed by atoms with Gasteiger partial charge in [0.15, 0.2) is 0 Å². The Morgan fingerprint density at radius 3 is 2.56 bits per heavy atom. The van der Waals surface area contributed by atoms with Gasteiger partial charge in [0, 0.05) is 31.2 Å². The molecular weight excluding hydrogens is 344 g/mol. The van der Waals surface area contributed by atoms with E-state index in [4.69, 9.17) is 9.47 Å². The van der Waals surface area contributed by atoms with E-state index in [-0.39, 0.29) is 24.5 Å². The molecule has 27 heavy (non-hydrogen) atoms. The van der Waals surface area contributed by atoms with Gasteiger partial charge in [-0.3, -0.25) is 4.79 Å². The Morgan fingerprint density at radius 2 is 2.00 bits per heavy atom. The average molecular weight is 374 g/mol. The summed E-state index contributed by atoms with van der Waals surface area (Å²) < 4.78 is 10.9. The van der Waals surface area contributed by atoms with Crippen molar-refractivity contribution in [3.63, 3.8) is 0 Å². The molecule has 6 heteroatoms. The highest BCUT2D eigenvalue weighted by Gasteiger charge is 2.32. The molecular formula is C21H30N2O4. The Bertz CT molecular complexity index is 709. The molecule has 2 rings (SSSR count). The minimum atomic E-state index is -0.530. The number of benzene rings is 1. The highest BCUT2D eigenvalue weighted by atomic mass is 16.6. The predicted octanol–water partition coefficient (Wildman–Crippen LogP) is 3.35. The third kappa shape index (κ3) is 5.49. The summed E-state index contributed by atoms with van der Waals surface area (Å²) in [5.41, 5.74) is 1.26. The lowest BCUT2D eigenvalue weighted by molar-refractivity contribution is -0.133. The van der Waals surface area contributed by atoms with Crippen LogP contribution in [-0.2, 0) is 16.0 Å². The van der Waals surface area contributed by atoms with Gasteiger partial charge in [0.2, 0.25) is 5.91 Å². The second kappa shape index (κ2) is 8.46. The minimum Gasteiger partial charge on any atom is -0.496 e. The summed E-state index contributed by atoms with van der Waals surface area (Å²) in [5.74, 6) is 0.705. The van der Waals surface area contributed by atoms with Crippen molar-refractivity contribution < 1.29 is 19.1 Å². The summed E-state index contributed by atoms with van der Waals surface area (Å²) in [6.07, 6.45) is 1.68. The lowest BCUT2D eigenvalue weighted by Crippen LogP contribution is -2.56. The first-order chi connectivity index (χ1) is 12.6. The van der Waals surface area contributed by atoms with Crippen molar-refractivity contribution in [1.29, 1.82) is 0 Å². The molecule has 1 aliphatic rings. The Hall–Kier alpha value is -2.50. The largest absolute Gasteiger partial charge is 0.496 e. The van der Waals surface area contributed by atoms with Crippen molar-refractivity contribution >= 4 is 18.1 Å². The maximum absolute atomic E-state index is 12.8. The molecule has 1 heterocycles. The maximum Gasteiger partial charge on any atom is 0.410 e. The van der Waals surface area contributed by atoms with Gasteiger partial charge >= 0.3 is 6.09 Å². The van der Waals surface area contributed by atoms with Crippen LogP contribution >= 0.6 is 0 Å². The molecule has 1 fully saturated rings. The topological polar surface area (TPSA) is 59.1 Å². The second-order valence-electron chi connectivity index (χ2n) is 7.81. The number of methoxy groups -OCH3 is 1. The summed E-state index contributed by atoms with van der Waals surface area (Å²) in [5, 5.41) is 0. The number of piperazine rings is 1. The van der Waals surface area contributed by atoms with E-state index >= 15 is 0 Å². The van der Waals surface area contributed by atoms with Crippen LogP contribution in [0.3, 0.4) is 0 Å². The van der Waals surface area contributed by atoms with Crippen LogP contribution < -0.4 is 4.74 Å². The van der Waals surface area contributed by atoms with E-state index in [2.05, 4.69) is 6.58 Å². The molecule has 0 unspecified atom stereocenters. The van der Waals surface area contributed by atoms with Crippen molar-refractivity contribution in [3.05, 3.63) is 35.9 Å². The summed E-state index contributed by atoms with van der Waals surface area (Å²) in [6, 6.07) is 5.59. The molecule has 0 radical (unpaired) electrons. The van der Waals surface area contributed by atoms with E-state index in [0.717, 1.165) is 11.1 Å². The van der Waals surface area contributed by atoms with Crippen LogP contribution in [0.15, 0.2) is 24.8 Å². The summed E-state index contributed by atoms with van der Waals surface area (Å²) in [4.78, 5) is 28.6. The van der Waals surface area contributed by atoms with Crippen molar-refractivity contribution in [1.82, 2.24) is 9.80 Å². The van der Waals surface area contributed by atoms with Gasteiger partial charge in [0.05, 0.1) is 13.5 Å². The third-order valence-electron chi connectivity index (χ3n) is 4.50. The smallest absolute Gasteiger partial charge is 0.410 e. The molecule has 1 aliphatic heterocycles. The molecule has 1 aromatic carbocycles. The molecule has 0 aromatic heterocycles. The molecule has 0 spiro atoms. The van der Waals surface area contributed by atoms with Crippen LogP contribution in [-0.4, -0.2) is 60.2 Å². The molecule has 148 valence electrons. The molecule has 1 saturated heterocycles. The van der Waals surface area contributed by atoms with Gasteiger partial charge in [-0.1, -0.05) is 24.8 Å². The molecule has 0 N–H and O–H groups in total. The van der Waals surface area contributed by atoms with Crippen LogP contribution in [0.25, 0.3) is 6.08 Å². The normalized spacial score (nSPS) is 17.4. The van der Waals surface area contributed by atoms with Gasteiger partial charge in [-0.2, -0.15) is 0 Å². The summed E-state index contributed by atoms with van der Waals surface area (Å²) in [6.45, 7) is 12.7. The van der Waals surface area contributed by atoms with Gasteiger partial charge in [-0.15, -0.1) is 0 Å². The highest BCUT2D eigenvalue weighted by Crippen LogP contribution is 2.23. The lowest BCUT2D eigenvalue weighted by Gasteiger charge is -2.40. The van der Waals surface area contributed by atoms with Crippen LogP contribution in [0, 0.1) is 0 Å². The molecule has 6 nitrogen and oxygen atoms in total.